The molecular formula is C13H25OSi. The van der Waals surface area contributed by atoms with E-state index in [9.17, 15) is 0 Å². The first kappa shape index (κ1) is 13.0. The standard InChI is InChI=1S/C13H25OSi/c1-10-7-12(13(2,3)4)8-11(10)9-14-15(5)6/h12,15H,1,7-9H2,2-6H3. The molecule has 0 aromatic carbocycles. The molecular weight excluding hydrogens is 200 g/mol. The smallest absolute Gasteiger partial charge is 0.171 e. The van der Waals surface area contributed by atoms with Crippen LogP contribution in [0.25, 0.3) is 0 Å². The fourth-order valence-corrected chi connectivity index (χ4v) is 2.53. The van der Waals surface area contributed by atoms with E-state index in [1.165, 1.54) is 24.0 Å². The number of allylic oxidation sites excluding steroid dienone is 1. The summed E-state index contributed by atoms with van der Waals surface area (Å²) in [4.78, 5) is 0. The summed E-state index contributed by atoms with van der Waals surface area (Å²) in [5.74, 6) is 0.762. The molecule has 0 amide bonds. The Hall–Kier alpha value is -0.0831. The van der Waals surface area contributed by atoms with Crippen LogP contribution in [0, 0.1) is 18.3 Å². The summed E-state index contributed by atoms with van der Waals surface area (Å²) >= 11 is 0. The lowest BCUT2D eigenvalue weighted by atomic mass is 9.78. The first-order valence-electron chi connectivity index (χ1n) is 5.95. The Morgan fingerprint density at radius 2 is 1.93 bits per heavy atom. The van der Waals surface area contributed by atoms with Gasteiger partial charge in [0.1, 0.15) is 0 Å². The fraction of sp³-hybridized carbons (Fsp3) is 0.769. The van der Waals surface area contributed by atoms with Crippen molar-refractivity contribution >= 4 is 9.04 Å². The van der Waals surface area contributed by atoms with Crippen molar-refractivity contribution in [3.63, 3.8) is 0 Å². The third-order valence-electron chi connectivity index (χ3n) is 3.30. The first-order chi connectivity index (χ1) is 6.80. The lowest BCUT2D eigenvalue weighted by Crippen LogP contribution is -2.18. The zero-order valence-corrected chi connectivity index (χ0v) is 12.0. The van der Waals surface area contributed by atoms with Crippen LogP contribution in [0.4, 0.5) is 0 Å². The predicted molar refractivity (Wildman–Crippen MR) is 69.4 cm³/mol. The van der Waals surface area contributed by atoms with Gasteiger partial charge in [0.2, 0.25) is 0 Å². The molecule has 15 heavy (non-hydrogen) atoms. The highest BCUT2D eigenvalue weighted by Crippen LogP contribution is 2.41. The molecule has 1 unspecified atom stereocenters. The molecule has 87 valence electrons. The summed E-state index contributed by atoms with van der Waals surface area (Å²) < 4.78 is 5.80. The minimum atomic E-state index is -0.878. The van der Waals surface area contributed by atoms with Gasteiger partial charge in [-0.1, -0.05) is 26.3 Å². The Morgan fingerprint density at radius 3 is 2.33 bits per heavy atom. The van der Waals surface area contributed by atoms with Crippen LogP contribution in [0.5, 0.6) is 0 Å². The van der Waals surface area contributed by atoms with E-state index < -0.39 is 9.04 Å². The van der Waals surface area contributed by atoms with Gasteiger partial charge in [-0.15, -0.1) is 0 Å². The van der Waals surface area contributed by atoms with E-state index in [-0.39, 0.29) is 0 Å². The highest BCUT2D eigenvalue weighted by Gasteiger charge is 2.30. The lowest BCUT2D eigenvalue weighted by molar-refractivity contribution is 0.245. The summed E-state index contributed by atoms with van der Waals surface area (Å²) in [5, 5.41) is 0. The van der Waals surface area contributed by atoms with Crippen molar-refractivity contribution in [2.24, 2.45) is 11.3 Å². The molecule has 1 radical (unpaired) electrons. The van der Waals surface area contributed by atoms with Crippen molar-refractivity contribution in [2.75, 3.05) is 6.61 Å². The molecule has 0 aromatic rings. The monoisotopic (exact) mass is 225 g/mol. The van der Waals surface area contributed by atoms with Crippen molar-refractivity contribution in [2.45, 2.75) is 46.7 Å². The van der Waals surface area contributed by atoms with Gasteiger partial charge in [0.25, 0.3) is 0 Å². The molecule has 0 saturated heterocycles. The molecule has 0 saturated carbocycles. The SMILES string of the molecule is [CH2]C1=C(CO[SiH](C)C)CC(C(C)(C)C)C1. The molecule has 1 aliphatic carbocycles. The van der Waals surface area contributed by atoms with Crippen LogP contribution in [-0.2, 0) is 4.43 Å². The third-order valence-corrected chi connectivity index (χ3v) is 4.13. The normalized spacial score (nSPS) is 23.0. The molecule has 0 spiro atoms. The minimum Gasteiger partial charge on any atom is -0.417 e. The molecule has 0 fully saturated rings. The molecule has 0 aromatic heterocycles. The molecule has 2 heteroatoms. The largest absolute Gasteiger partial charge is 0.417 e. The van der Waals surface area contributed by atoms with E-state index in [2.05, 4.69) is 40.8 Å². The van der Waals surface area contributed by atoms with Gasteiger partial charge in [-0.2, -0.15) is 0 Å². The minimum absolute atomic E-state index is 0.403. The van der Waals surface area contributed by atoms with Gasteiger partial charge in [0, 0.05) is 0 Å². The number of rotatable bonds is 3. The van der Waals surface area contributed by atoms with Crippen molar-refractivity contribution in [1.82, 2.24) is 0 Å². The molecule has 1 atom stereocenters. The van der Waals surface area contributed by atoms with Crippen molar-refractivity contribution < 1.29 is 4.43 Å². The lowest BCUT2D eigenvalue weighted by Gasteiger charge is -2.27. The maximum absolute atomic E-state index is 5.80. The molecule has 0 heterocycles. The van der Waals surface area contributed by atoms with Gasteiger partial charge in [-0.3, -0.25) is 0 Å². The van der Waals surface area contributed by atoms with Gasteiger partial charge < -0.3 is 4.43 Å². The van der Waals surface area contributed by atoms with Crippen LogP contribution in [-0.4, -0.2) is 15.6 Å². The van der Waals surface area contributed by atoms with Gasteiger partial charge in [0.15, 0.2) is 9.04 Å². The number of hydrogen-bond acceptors (Lipinski definition) is 1. The highest BCUT2D eigenvalue weighted by atomic mass is 28.3. The molecule has 0 aliphatic heterocycles. The van der Waals surface area contributed by atoms with Crippen LogP contribution >= 0.6 is 0 Å². The molecule has 0 N–H and O–H groups in total. The summed E-state index contributed by atoms with van der Waals surface area (Å²) in [6, 6.07) is 0. The van der Waals surface area contributed by atoms with Crippen LogP contribution in [0.1, 0.15) is 33.6 Å². The Labute approximate surface area is 96.6 Å². The van der Waals surface area contributed by atoms with E-state index in [0.29, 0.717) is 5.41 Å². The Morgan fingerprint density at radius 1 is 1.33 bits per heavy atom. The van der Waals surface area contributed by atoms with Crippen LogP contribution in [0.15, 0.2) is 11.1 Å². The van der Waals surface area contributed by atoms with Crippen LogP contribution in [0.2, 0.25) is 13.1 Å². The van der Waals surface area contributed by atoms with Crippen LogP contribution < -0.4 is 0 Å². The average molecular weight is 225 g/mol. The highest BCUT2D eigenvalue weighted by molar-refractivity contribution is 6.48. The second kappa shape index (κ2) is 4.83. The van der Waals surface area contributed by atoms with E-state index in [4.69, 9.17) is 4.43 Å². The molecule has 1 rings (SSSR count). The van der Waals surface area contributed by atoms with E-state index in [1.807, 2.05) is 0 Å². The zero-order chi connectivity index (χ0) is 11.6. The number of hydrogen-bond donors (Lipinski definition) is 0. The van der Waals surface area contributed by atoms with Crippen molar-refractivity contribution in [3.05, 3.63) is 18.1 Å². The van der Waals surface area contributed by atoms with E-state index in [0.717, 1.165) is 12.5 Å². The quantitative estimate of drug-likeness (QED) is 0.667. The van der Waals surface area contributed by atoms with Gasteiger partial charge >= 0.3 is 0 Å². The first-order valence-corrected chi connectivity index (χ1v) is 8.73. The topological polar surface area (TPSA) is 9.23 Å². The average Bonchev–Trinajstić information content (AvgIpc) is 2.42. The van der Waals surface area contributed by atoms with Crippen LogP contribution in [0.3, 0.4) is 0 Å². The molecule has 0 bridgehead atoms. The van der Waals surface area contributed by atoms with Gasteiger partial charge in [-0.25, -0.2) is 0 Å². The Balaban J connectivity index is 2.51. The van der Waals surface area contributed by atoms with Crippen molar-refractivity contribution in [3.8, 4) is 0 Å². The second-order valence-corrected chi connectivity index (χ2v) is 8.47. The fourth-order valence-electron chi connectivity index (χ4n) is 2.00. The van der Waals surface area contributed by atoms with E-state index in [1.54, 1.807) is 0 Å². The zero-order valence-electron chi connectivity index (χ0n) is 10.9. The third kappa shape index (κ3) is 3.76. The van der Waals surface area contributed by atoms with Crippen molar-refractivity contribution in [1.29, 1.82) is 0 Å². The maximum Gasteiger partial charge on any atom is 0.171 e. The summed E-state index contributed by atoms with van der Waals surface area (Å²) in [7, 11) is -0.878. The maximum atomic E-state index is 5.80. The Kier molecular flexibility index (Phi) is 4.18. The predicted octanol–water partition coefficient (Wildman–Crippen LogP) is 3.57. The summed E-state index contributed by atoms with van der Waals surface area (Å²) in [5.41, 5.74) is 3.21. The summed E-state index contributed by atoms with van der Waals surface area (Å²) in [6.07, 6.45) is 2.37. The van der Waals surface area contributed by atoms with Gasteiger partial charge in [0.05, 0.1) is 6.61 Å². The molecule has 1 aliphatic rings. The Bertz CT molecular complexity index is 248. The second-order valence-electron chi connectivity index (χ2n) is 6.04. The molecule has 1 nitrogen and oxygen atoms in total. The summed E-state index contributed by atoms with van der Waals surface area (Å²) in [6.45, 7) is 16.4. The van der Waals surface area contributed by atoms with E-state index >= 15 is 0 Å². The van der Waals surface area contributed by atoms with Gasteiger partial charge in [-0.05, 0) is 49.8 Å².